The van der Waals surface area contributed by atoms with Gasteiger partial charge in [-0.05, 0) is 19.3 Å². The van der Waals surface area contributed by atoms with E-state index in [0.29, 0.717) is 13.0 Å². The molecule has 0 saturated carbocycles. The maximum absolute atomic E-state index is 9.53. The van der Waals surface area contributed by atoms with Gasteiger partial charge in [-0.25, -0.2) is 9.78 Å². The molecule has 0 aromatic carbocycles. The van der Waals surface area contributed by atoms with E-state index in [4.69, 9.17) is 14.5 Å². The van der Waals surface area contributed by atoms with Crippen LogP contribution in [0.4, 0.5) is 0 Å². The van der Waals surface area contributed by atoms with Crippen molar-refractivity contribution < 1.29 is 19.6 Å². The summed E-state index contributed by atoms with van der Waals surface area (Å²) in [7, 11) is 0. The largest absolute Gasteiger partial charge is 0.366 e. The minimum Gasteiger partial charge on any atom is -0.366 e. The fourth-order valence-electron chi connectivity index (χ4n) is 1.92. The summed E-state index contributed by atoms with van der Waals surface area (Å²) in [5.74, 6) is 0. The molecule has 1 aliphatic heterocycles. The van der Waals surface area contributed by atoms with E-state index >= 15 is 0 Å². The van der Waals surface area contributed by atoms with Crippen molar-refractivity contribution in [2.75, 3.05) is 6.61 Å². The molecule has 2 atom stereocenters. The summed E-state index contributed by atoms with van der Waals surface area (Å²) < 4.78 is 5.53. The first-order valence-corrected chi connectivity index (χ1v) is 6.94. The Kier molecular flexibility index (Phi) is 8.61. The number of aliphatic hydroxyl groups excluding tert-OH is 1. The average Bonchev–Trinajstić information content (AvgIpc) is 2.32. The van der Waals surface area contributed by atoms with Crippen LogP contribution in [0.2, 0.25) is 0 Å². The molecular weight excluding hydrogens is 220 g/mol. The van der Waals surface area contributed by atoms with Gasteiger partial charge in [0.1, 0.15) is 0 Å². The summed E-state index contributed by atoms with van der Waals surface area (Å²) >= 11 is 0. The molecule has 102 valence electrons. The quantitative estimate of drug-likeness (QED) is 0.777. The highest BCUT2D eigenvalue weighted by Crippen LogP contribution is 2.16. The van der Waals surface area contributed by atoms with Gasteiger partial charge in [0.15, 0.2) is 12.6 Å². The summed E-state index contributed by atoms with van der Waals surface area (Å²) in [4.78, 5) is 10.1. The molecule has 1 rings (SSSR count). The van der Waals surface area contributed by atoms with Gasteiger partial charge < -0.3 is 9.84 Å². The predicted molar refractivity (Wildman–Crippen MR) is 65.1 cm³/mol. The van der Waals surface area contributed by atoms with E-state index in [2.05, 4.69) is 6.92 Å². The van der Waals surface area contributed by atoms with Crippen LogP contribution in [0.3, 0.4) is 0 Å². The zero-order chi connectivity index (χ0) is 12.3. The van der Waals surface area contributed by atoms with Crippen molar-refractivity contribution in [3.63, 3.8) is 0 Å². The molecule has 17 heavy (non-hydrogen) atoms. The maximum atomic E-state index is 9.53. The van der Waals surface area contributed by atoms with Crippen molar-refractivity contribution >= 4 is 0 Å². The standard InChI is InChI=1S/C13H26O4/c1-2-11-15-13-10-8-6-4-3-5-7-9-12(14)16-17-13/h12-14H,2-11H2,1H3. The number of ether oxygens (including phenoxy) is 1. The molecule has 4 heteroatoms. The second kappa shape index (κ2) is 9.83. The Morgan fingerprint density at radius 2 is 1.65 bits per heavy atom. The molecule has 0 aromatic rings. The normalized spacial score (nSPS) is 29.3. The molecule has 1 fully saturated rings. The van der Waals surface area contributed by atoms with E-state index in [9.17, 15) is 5.11 Å². The van der Waals surface area contributed by atoms with Crippen molar-refractivity contribution in [1.29, 1.82) is 0 Å². The lowest BCUT2D eigenvalue weighted by Crippen LogP contribution is -2.23. The molecule has 0 aliphatic carbocycles. The van der Waals surface area contributed by atoms with Crippen LogP contribution in [0.1, 0.15) is 64.7 Å². The molecule has 1 heterocycles. The van der Waals surface area contributed by atoms with Gasteiger partial charge in [-0.2, -0.15) is 0 Å². The minimum atomic E-state index is -0.817. The van der Waals surface area contributed by atoms with Crippen molar-refractivity contribution in [1.82, 2.24) is 0 Å². The Hall–Kier alpha value is -0.160. The van der Waals surface area contributed by atoms with Crippen molar-refractivity contribution in [3.05, 3.63) is 0 Å². The van der Waals surface area contributed by atoms with Crippen molar-refractivity contribution in [2.24, 2.45) is 0 Å². The number of rotatable bonds is 3. The van der Waals surface area contributed by atoms with Gasteiger partial charge in [0.25, 0.3) is 0 Å². The van der Waals surface area contributed by atoms with E-state index in [-0.39, 0.29) is 6.29 Å². The third-order valence-corrected chi connectivity index (χ3v) is 2.92. The molecule has 1 saturated heterocycles. The molecule has 0 aromatic heterocycles. The summed E-state index contributed by atoms with van der Waals surface area (Å²) in [6, 6.07) is 0. The first-order valence-electron chi connectivity index (χ1n) is 6.94. The van der Waals surface area contributed by atoms with E-state index < -0.39 is 6.29 Å². The third kappa shape index (κ3) is 7.71. The molecule has 0 amide bonds. The molecular formula is C13H26O4. The molecule has 1 aliphatic rings. The Morgan fingerprint density at radius 3 is 2.35 bits per heavy atom. The highest BCUT2D eigenvalue weighted by molar-refractivity contribution is 4.51. The zero-order valence-electron chi connectivity index (χ0n) is 10.9. The molecule has 2 unspecified atom stereocenters. The van der Waals surface area contributed by atoms with E-state index in [1.54, 1.807) is 0 Å². The Labute approximate surface area is 104 Å². The Morgan fingerprint density at radius 1 is 1.00 bits per heavy atom. The first kappa shape index (κ1) is 14.9. The van der Waals surface area contributed by atoms with Crippen molar-refractivity contribution in [3.8, 4) is 0 Å². The number of hydrogen-bond acceptors (Lipinski definition) is 4. The smallest absolute Gasteiger partial charge is 0.191 e. The number of aliphatic hydroxyl groups is 1. The monoisotopic (exact) mass is 246 g/mol. The Bertz CT molecular complexity index is 175. The second-order valence-electron chi connectivity index (χ2n) is 4.65. The molecule has 0 spiro atoms. The lowest BCUT2D eigenvalue weighted by Gasteiger charge is -2.20. The van der Waals surface area contributed by atoms with Crippen LogP contribution >= 0.6 is 0 Å². The SMILES string of the molecule is CCCOC1CCCCCCCCC(O)OO1. The van der Waals surface area contributed by atoms with Gasteiger partial charge >= 0.3 is 0 Å². The molecule has 1 N–H and O–H groups in total. The highest BCUT2D eigenvalue weighted by Gasteiger charge is 2.14. The zero-order valence-corrected chi connectivity index (χ0v) is 10.9. The van der Waals surface area contributed by atoms with Crippen LogP contribution < -0.4 is 0 Å². The van der Waals surface area contributed by atoms with Gasteiger partial charge in [-0.3, -0.25) is 0 Å². The van der Waals surface area contributed by atoms with Crippen LogP contribution in [0.15, 0.2) is 0 Å². The van der Waals surface area contributed by atoms with E-state index in [1.807, 2.05) is 0 Å². The lowest BCUT2D eigenvalue weighted by atomic mass is 10.1. The highest BCUT2D eigenvalue weighted by atomic mass is 17.2. The summed E-state index contributed by atoms with van der Waals surface area (Å²) in [5, 5.41) is 9.53. The van der Waals surface area contributed by atoms with E-state index in [1.165, 1.54) is 19.3 Å². The van der Waals surface area contributed by atoms with Gasteiger partial charge in [0, 0.05) is 19.4 Å². The summed E-state index contributed by atoms with van der Waals surface area (Å²) in [5.41, 5.74) is 0. The molecule has 0 radical (unpaired) electrons. The summed E-state index contributed by atoms with van der Waals surface area (Å²) in [6.07, 6.45) is 8.26. The second-order valence-corrected chi connectivity index (χ2v) is 4.65. The lowest BCUT2D eigenvalue weighted by molar-refractivity contribution is -0.430. The van der Waals surface area contributed by atoms with Crippen LogP contribution in [0, 0.1) is 0 Å². The molecule has 4 nitrogen and oxygen atoms in total. The first-order chi connectivity index (χ1) is 8.33. The predicted octanol–water partition coefficient (Wildman–Crippen LogP) is 3.14. The minimum absolute atomic E-state index is 0.330. The van der Waals surface area contributed by atoms with Crippen LogP contribution in [0.25, 0.3) is 0 Å². The van der Waals surface area contributed by atoms with E-state index in [0.717, 1.165) is 32.1 Å². The van der Waals surface area contributed by atoms with Crippen LogP contribution in [-0.4, -0.2) is 24.3 Å². The van der Waals surface area contributed by atoms with Gasteiger partial charge in [0.2, 0.25) is 0 Å². The van der Waals surface area contributed by atoms with Crippen LogP contribution in [0.5, 0.6) is 0 Å². The summed E-state index contributed by atoms with van der Waals surface area (Å²) in [6.45, 7) is 2.73. The molecule has 0 bridgehead atoms. The van der Waals surface area contributed by atoms with Crippen LogP contribution in [-0.2, 0) is 14.5 Å². The van der Waals surface area contributed by atoms with Crippen molar-refractivity contribution in [2.45, 2.75) is 77.3 Å². The van der Waals surface area contributed by atoms with Gasteiger partial charge in [-0.15, -0.1) is 0 Å². The average molecular weight is 246 g/mol. The Balaban J connectivity index is 2.29. The number of hydrogen-bond donors (Lipinski definition) is 1. The fraction of sp³-hybridized carbons (Fsp3) is 1.00. The van der Waals surface area contributed by atoms with Gasteiger partial charge in [-0.1, -0.05) is 32.6 Å². The topological polar surface area (TPSA) is 47.9 Å². The maximum Gasteiger partial charge on any atom is 0.191 e. The fourth-order valence-corrected chi connectivity index (χ4v) is 1.92. The van der Waals surface area contributed by atoms with Gasteiger partial charge in [0.05, 0.1) is 0 Å². The third-order valence-electron chi connectivity index (χ3n) is 2.92.